The number of rotatable bonds is 4. The first-order valence-electron chi connectivity index (χ1n) is 7.22. The van der Waals surface area contributed by atoms with Gasteiger partial charge in [0.2, 0.25) is 0 Å². The largest absolute Gasteiger partial charge is 0.309 e. The fourth-order valence-electron chi connectivity index (χ4n) is 3.67. The van der Waals surface area contributed by atoms with Crippen LogP contribution in [0.2, 0.25) is 0 Å². The smallest absolute Gasteiger partial charge is 0.0386 e. The zero-order valence-electron chi connectivity index (χ0n) is 11.4. The lowest BCUT2D eigenvalue weighted by Gasteiger charge is -2.36. The average Bonchev–Trinajstić information content (AvgIpc) is 2.94. The van der Waals surface area contributed by atoms with Gasteiger partial charge in [-0.15, -0.1) is 11.3 Å². The van der Waals surface area contributed by atoms with E-state index in [0.717, 1.165) is 18.0 Å². The number of fused-ring (bicyclic) bond motifs is 2. The molecule has 2 fully saturated rings. The number of hydrogen-bond donors (Lipinski definition) is 1. The van der Waals surface area contributed by atoms with Gasteiger partial charge in [0, 0.05) is 23.0 Å². The third kappa shape index (κ3) is 2.49. The van der Waals surface area contributed by atoms with Crippen LogP contribution in [0.5, 0.6) is 0 Å². The standard InChI is InChI=1S/C15H24N2S/c1-11(15-4-3-7-18-15)16-10-12-8-13-5-6-14(9-12)17(13)2/h3-4,7,11-14,16H,5-6,8-10H2,1-2H3. The van der Waals surface area contributed by atoms with E-state index in [9.17, 15) is 0 Å². The summed E-state index contributed by atoms with van der Waals surface area (Å²) in [5, 5.41) is 5.90. The Morgan fingerprint density at radius 3 is 2.72 bits per heavy atom. The second-order valence-electron chi connectivity index (χ2n) is 6.03. The summed E-state index contributed by atoms with van der Waals surface area (Å²) in [7, 11) is 2.32. The molecule has 1 N–H and O–H groups in total. The molecule has 0 spiro atoms. The van der Waals surface area contributed by atoms with Gasteiger partial charge in [0.25, 0.3) is 0 Å². The van der Waals surface area contributed by atoms with E-state index >= 15 is 0 Å². The molecule has 2 saturated heterocycles. The Morgan fingerprint density at radius 1 is 1.39 bits per heavy atom. The summed E-state index contributed by atoms with van der Waals surface area (Å²) < 4.78 is 0. The van der Waals surface area contributed by atoms with Gasteiger partial charge in [-0.3, -0.25) is 0 Å². The van der Waals surface area contributed by atoms with Crippen LogP contribution >= 0.6 is 11.3 Å². The van der Waals surface area contributed by atoms with E-state index in [-0.39, 0.29) is 0 Å². The van der Waals surface area contributed by atoms with Gasteiger partial charge in [0.15, 0.2) is 0 Å². The van der Waals surface area contributed by atoms with E-state index in [1.807, 2.05) is 11.3 Å². The third-order valence-electron chi connectivity index (χ3n) is 4.88. The van der Waals surface area contributed by atoms with Crippen molar-refractivity contribution in [2.24, 2.45) is 5.92 Å². The molecule has 0 aromatic carbocycles. The first-order chi connectivity index (χ1) is 8.74. The van der Waals surface area contributed by atoms with Crippen molar-refractivity contribution in [1.82, 2.24) is 10.2 Å². The Hall–Kier alpha value is -0.380. The molecule has 1 aromatic heterocycles. The molecule has 0 aliphatic carbocycles. The van der Waals surface area contributed by atoms with Crippen molar-refractivity contribution < 1.29 is 0 Å². The quantitative estimate of drug-likeness (QED) is 0.898. The summed E-state index contributed by atoms with van der Waals surface area (Å²) in [6.07, 6.45) is 5.66. The number of nitrogens with one attached hydrogen (secondary N) is 1. The van der Waals surface area contributed by atoms with Gasteiger partial charge >= 0.3 is 0 Å². The van der Waals surface area contributed by atoms with E-state index < -0.39 is 0 Å². The highest BCUT2D eigenvalue weighted by Crippen LogP contribution is 2.37. The molecule has 3 heterocycles. The number of thiophene rings is 1. The minimum absolute atomic E-state index is 0.516. The minimum atomic E-state index is 0.516. The van der Waals surface area contributed by atoms with Gasteiger partial charge in [0.05, 0.1) is 0 Å². The van der Waals surface area contributed by atoms with Crippen LogP contribution in [0.15, 0.2) is 17.5 Å². The van der Waals surface area contributed by atoms with Gasteiger partial charge in [-0.05, 0) is 63.6 Å². The minimum Gasteiger partial charge on any atom is -0.309 e. The topological polar surface area (TPSA) is 15.3 Å². The number of hydrogen-bond acceptors (Lipinski definition) is 3. The predicted molar refractivity (Wildman–Crippen MR) is 78.0 cm³/mol. The number of nitrogens with zero attached hydrogens (tertiary/aromatic N) is 1. The van der Waals surface area contributed by atoms with E-state index in [4.69, 9.17) is 0 Å². The molecule has 2 nitrogen and oxygen atoms in total. The molecule has 0 amide bonds. The van der Waals surface area contributed by atoms with Crippen LogP contribution in [0.4, 0.5) is 0 Å². The fourth-order valence-corrected chi connectivity index (χ4v) is 4.43. The summed E-state index contributed by atoms with van der Waals surface area (Å²) >= 11 is 1.86. The Bertz CT molecular complexity index is 362. The molecule has 0 radical (unpaired) electrons. The van der Waals surface area contributed by atoms with Gasteiger partial charge in [0.1, 0.15) is 0 Å². The Labute approximate surface area is 114 Å². The van der Waals surface area contributed by atoms with Crippen LogP contribution in [0, 0.1) is 5.92 Å². The van der Waals surface area contributed by atoms with Crippen LogP contribution < -0.4 is 5.32 Å². The predicted octanol–water partition coefficient (Wildman–Crippen LogP) is 3.27. The maximum Gasteiger partial charge on any atom is 0.0386 e. The summed E-state index contributed by atoms with van der Waals surface area (Å²) in [6.45, 7) is 3.48. The number of piperidine rings is 1. The average molecular weight is 264 g/mol. The zero-order chi connectivity index (χ0) is 12.5. The van der Waals surface area contributed by atoms with Crippen molar-refractivity contribution in [3.05, 3.63) is 22.4 Å². The maximum absolute atomic E-state index is 3.73. The van der Waals surface area contributed by atoms with Crippen LogP contribution in [-0.4, -0.2) is 30.6 Å². The van der Waals surface area contributed by atoms with Crippen LogP contribution in [-0.2, 0) is 0 Å². The molecule has 3 rings (SSSR count). The molecular weight excluding hydrogens is 240 g/mol. The van der Waals surface area contributed by atoms with Crippen molar-refractivity contribution in [2.45, 2.75) is 50.7 Å². The van der Waals surface area contributed by atoms with Gasteiger partial charge in [-0.1, -0.05) is 6.07 Å². The molecule has 2 bridgehead atoms. The van der Waals surface area contributed by atoms with E-state index in [1.54, 1.807) is 0 Å². The van der Waals surface area contributed by atoms with E-state index in [1.165, 1.54) is 37.1 Å². The van der Waals surface area contributed by atoms with Crippen LogP contribution in [0.3, 0.4) is 0 Å². The van der Waals surface area contributed by atoms with Gasteiger partial charge in [-0.25, -0.2) is 0 Å². The SMILES string of the molecule is CC(NCC1CC2CCC(C1)N2C)c1cccs1. The summed E-state index contributed by atoms with van der Waals surface area (Å²) in [6, 6.07) is 6.64. The summed E-state index contributed by atoms with van der Waals surface area (Å²) in [4.78, 5) is 4.09. The molecule has 18 heavy (non-hydrogen) atoms. The third-order valence-corrected chi connectivity index (χ3v) is 5.93. The maximum atomic E-state index is 3.73. The highest BCUT2D eigenvalue weighted by molar-refractivity contribution is 7.10. The molecule has 2 aliphatic rings. The zero-order valence-corrected chi connectivity index (χ0v) is 12.2. The highest BCUT2D eigenvalue weighted by Gasteiger charge is 2.38. The van der Waals surface area contributed by atoms with Crippen LogP contribution in [0.1, 0.15) is 43.5 Å². The Morgan fingerprint density at radius 2 is 2.11 bits per heavy atom. The lowest BCUT2D eigenvalue weighted by Crippen LogP contribution is -2.42. The molecule has 0 saturated carbocycles. The second-order valence-corrected chi connectivity index (χ2v) is 7.01. The lowest BCUT2D eigenvalue weighted by molar-refractivity contribution is 0.131. The Balaban J connectivity index is 1.50. The summed E-state index contributed by atoms with van der Waals surface area (Å²) in [5.41, 5.74) is 0. The normalized spacial score (nSPS) is 33.8. The second kappa shape index (κ2) is 5.32. The van der Waals surface area contributed by atoms with Gasteiger partial charge in [-0.2, -0.15) is 0 Å². The van der Waals surface area contributed by atoms with Gasteiger partial charge < -0.3 is 10.2 Å². The van der Waals surface area contributed by atoms with Crippen molar-refractivity contribution >= 4 is 11.3 Å². The summed E-state index contributed by atoms with van der Waals surface area (Å²) in [5.74, 6) is 0.890. The monoisotopic (exact) mass is 264 g/mol. The van der Waals surface area contributed by atoms with Crippen molar-refractivity contribution in [1.29, 1.82) is 0 Å². The molecule has 3 unspecified atom stereocenters. The molecular formula is C15H24N2S. The highest BCUT2D eigenvalue weighted by atomic mass is 32.1. The van der Waals surface area contributed by atoms with Crippen molar-refractivity contribution in [3.8, 4) is 0 Å². The van der Waals surface area contributed by atoms with E-state index in [0.29, 0.717) is 6.04 Å². The lowest BCUT2D eigenvalue weighted by atomic mass is 9.91. The van der Waals surface area contributed by atoms with Crippen LogP contribution in [0.25, 0.3) is 0 Å². The Kier molecular flexibility index (Phi) is 3.73. The molecule has 2 aliphatic heterocycles. The first-order valence-corrected chi connectivity index (χ1v) is 8.10. The van der Waals surface area contributed by atoms with E-state index in [2.05, 4.69) is 41.7 Å². The van der Waals surface area contributed by atoms with Crippen molar-refractivity contribution in [2.75, 3.05) is 13.6 Å². The molecule has 100 valence electrons. The molecule has 1 aromatic rings. The molecule has 3 heteroatoms. The first kappa shape index (κ1) is 12.6. The molecule has 3 atom stereocenters. The fraction of sp³-hybridized carbons (Fsp3) is 0.733. The van der Waals surface area contributed by atoms with Crippen molar-refractivity contribution in [3.63, 3.8) is 0 Å².